The lowest BCUT2D eigenvalue weighted by Gasteiger charge is -2.13. The van der Waals surface area contributed by atoms with Gasteiger partial charge in [-0.2, -0.15) is 0 Å². The van der Waals surface area contributed by atoms with Crippen molar-refractivity contribution in [2.45, 2.75) is 45.4 Å². The standard InChI is InChI=1S/C16H25NOS/c1-5-14(6-2)10-17-16(18)11-19-15-9-12(3)7-8-13(15)4/h7-9,14H,5-6,10-11H2,1-4H3,(H,17,18). The molecule has 2 nitrogen and oxygen atoms in total. The third kappa shape index (κ3) is 5.68. The molecule has 0 saturated carbocycles. The van der Waals surface area contributed by atoms with E-state index in [2.05, 4.69) is 51.2 Å². The predicted octanol–water partition coefficient (Wildman–Crippen LogP) is 3.95. The van der Waals surface area contributed by atoms with Gasteiger partial charge in [-0.15, -0.1) is 11.8 Å². The summed E-state index contributed by atoms with van der Waals surface area (Å²) in [5.74, 6) is 1.25. The summed E-state index contributed by atoms with van der Waals surface area (Å²) in [5.41, 5.74) is 2.48. The van der Waals surface area contributed by atoms with Crippen LogP contribution in [-0.2, 0) is 4.79 Å². The first-order valence-corrected chi connectivity index (χ1v) is 8.02. The topological polar surface area (TPSA) is 29.1 Å². The molecule has 0 saturated heterocycles. The highest BCUT2D eigenvalue weighted by Gasteiger charge is 2.08. The first-order chi connectivity index (χ1) is 9.06. The number of aryl methyl sites for hydroxylation is 2. The Morgan fingerprint density at radius 2 is 1.95 bits per heavy atom. The highest BCUT2D eigenvalue weighted by atomic mass is 32.2. The van der Waals surface area contributed by atoms with Crippen LogP contribution in [0.4, 0.5) is 0 Å². The molecule has 0 radical (unpaired) electrons. The van der Waals surface area contributed by atoms with Gasteiger partial charge >= 0.3 is 0 Å². The quantitative estimate of drug-likeness (QED) is 0.766. The zero-order chi connectivity index (χ0) is 14.3. The van der Waals surface area contributed by atoms with Crippen LogP contribution in [0.1, 0.15) is 37.8 Å². The Bertz CT molecular complexity index is 413. The van der Waals surface area contributed by atoms with Crippen molar-refractivity contribution in [2.24, 2.45) is 5.92 Å². The Morgan fingerprint density at radius 3 is 2.58 bits per heavy atom. The van der Waals surface area contributed by atoms with Gasteiger partial charge in [0.15, 0.2) is 0 Å². The van der Waals surface area contributed by atoms with E-state index in [4.69, 9.17) is 0 Å². The SMILES string of the molecule is CCC(CC)CNC(=O)CSc1cc(C)ccc1C. The molecule has 0 fully saturated rings. The molecule has 106 valence electrons. The van der Waals surface area contributed by atoms with Crippen molar-refractivity contribution in [1.82, 2.24) is 5.32 Å². The minimum absolute atomic E-state index is 0.137. The van der Waals surface area contributed by atoms with Crippen molar-refractivity contribution in [1.29, 1.82) is 0 Å². The summed E-state index contributed by atoms with van der Waals surface area (Å²) in [5, 5.41) is 3.03. The van der Waals surface area contributed by atoms with Gasteiger partial charge in [0.1, 0.15) is 0 Å². The fraction of sp³-hybridized carbons (Fsp3) is 0.562. The van der Waals surface area contributed by atoms with Crippen molar-refractivity contribution in [3.8, 4) is 0 Å². The average Bonchev–Trinajstić information content (AvgIpc) is 2.41. The number of nitrogens with one attached hydrogen (secondary N) is 1. The highest BCUT2D eigenvalue weighted by Crippen LogP contribution is 2.23. The summed E-state index contributed by atoms with van der Waals surface area (Å²) in [6, 6.07) is 6.36. The van der Waals surface area contributed by atoms with Gasteiger partial charge in [-0.05, 0) is 31.4 Å². The largest absolute Gasteiger partial charge is 0.355 e. The van der Waals surface area contributed by atoms with Gasteiger partial charge in [-0.1, -0.05) is 44.4 Å². The Morgan fingerprint density at radius 1 is 1.26 bits per heavy atom. The van der Waals surface area contributed by atoms with E-state index in [1.54, 1.807) is 11.8 Å². The molecule has 0 aromatic heterocycles. The van der Waals surface area contributed by atoms with Crippen LogP contribution < -0.4 is 5.32 Å². The second-order valence-corrected chi connectivity index (χ2v) is 6.06. The lowest BCUT2D eigenvalue weighted by molar-refractivity contribution is -0.118. The Labute approximate surface area is 121 Å². The summed E-state index contributed by atoms with van der Waals surface area (Å²) in [6.45, 7) is 9.32. The number of carbonyl (C=O) groups is 1. The molecular weight excluding hydrogens is 254 g/mol. The lowest BCUT2D eigenvalue weighted by atomic mass is 10.0. The van der Waals surface area contributed by atoms with Crippen LogP contribution >= 0.6 is 11.8 Å². The summed E-state index contributed by atoms with van der Waals surface area (Å²) < 4.78 is 0. The highest BCUT2D eigenvalue weighted by molar-refractivity contribution is 8.00. The number of benzene rings is 1. The first-order valence-electron chi connectivity index (χ1n) is 7.03. The van der Waals surface area contributed by atoms with E-state index < -0.39 is 0 Å². The van der Waals surface area contributed by atoms with E-state index in [1.807, 2.05) is 0 Å². The smallest absolute Gasteiger partial charge is 0.230 e. The second-order valence-electron chi connectivity index (χ2n) is 5.04. The van der Waals surface area contributed by atoms with Gasteiger partial charge in [0.25, 0.3) is 0 Å². The van der Waals surface area contributed by atoms with Gasteiger partial charge in [0.2, 0.25) is 5.91 Å². The van der Waals surface area contributed by atoms with Gasteiger partial charge in [0, 0.05) is 11.4 Å². The van der Waals surface area contributed by atoms with Crippen LogP contribution in [0.25, 0.3) is 0 Å². The first kappa shape index (κ1) is 16.1. The van der Waals surface area contributed by atoms with E-state index in [0.29, 0.717) is 11.7 Å². The van der Waals surface area contributed by atoms with E-state index in [1.165, 1.54) is 16.0 Å². The van der Waals surface area contributed by atoms with Crippen LogP contribution in [0, 0.1) is 19.8 Å². The summed E-state index contributed by atoms with van der Waals surface area (Å²) in [7, 11) is 0. The van der Waals surface area contributed by atoms with Crippen LogP contribution in [0.2, 0.25) is 0 Å². The monoisotopic (exact) mass is 279 g/mol. The number of rotatable bonds is 7. The zero-order valence-electron chi connectivity index (χ0n) is 12.5. The minimum Gasteiger partial charge on any atom is -0.355 e. The number of carbonyl (C=O) groups excluding carboxylic acids is 1. The van der Waals surface area contributed by atoms with E-state index in [9.17, 15) is 4.79 Å². The maximum Gasteiger partial charge on any atom is 0.230 e. The van der Waals surface area contributed by atoms with Crippen molar-refractivity contribution in [2.75, 3.05) is 12.3 Å². The molecule has 0 aliphatic heterocycles. The van der Waals surface area contributed by atoms with Crippen LogP contribution in [0.3, 0.4) is 0 Å². The molecule has 1 rings (SSSR count). The third-order valence-electron chi connectivity index (χ3n) is 3.45. The summed E-state index contributed by atoms with van der Waals surface area (Å²) >= 11 is 1.62. The van der Waals surface area contributed by atoms with Gasteiger partial charge in [0.05, 0.1) is 5.75 Å². The molecule has 0 atom stereocenters. The average molecular weight is 279 g/mol. The van der Waals surface area contributed by atoms with Gasteiger partial charge in [-0.3, -0.25) is 4.79 Å². The minimum atomic E-state index is 0.137. The molecule has 0 aliphatic rings. The molecule has 1 amide bonds. The molecule has 0 spiro atoms. The molecular formula is C16H25NOS. The molecule has 0 bridgehead atoms. The zero-order valence-corrected chi connectivity index (χ0v) is 13.3. The second kappa shape index (κ2) is 8.26. The van der Waals surface area contributed by atoms with Crippen LogP contribution in [0.5, 0.6) is 0 Å². The number of hydrogen-bond donors (Lipinski definition) is 1. The van der Waals surface area contributed by atoms with Gasteiger partial charge < -0.3 is 5.32 Å². The molecule has 3 heteroatoms. The molecule has 0 heterocycles. The van der Waals surface area contributed by atoms with E-state index in [-0.39, 0.29) is 5.91 Å². The van der Waals surface area contributed by atoms with Gasteiger partial charge in [-0.25, -0.2) is 0 Å². The lowest BCUT2D eigenvalue weighted by Crippen LogP contribution is -2.30. The van der Waals surface area contributed by atoms with Crippen molar-refractivity contribution in [3.05, 3.63) is 29.3 Å². The Kier molecular flexibility index (Phi) is 7.00. The summed E-state index contributed by atoms with van der Waals surface area (Å²) in [6.07, 6.45) is 2.25. The number of hydrogen-bond acceptors (Lipinski definition) is 2. The number of amides is 1. The van der Waals surface area contributed by atoms with Crippen molar-refractivity contribution >= 4 is 17.7 Å². The molecule has 19 heavy (non-hydrogen) atoms. The maximum atomic E-state index is 11.8. The molecule has 1 N–H and O–H groups in total. The molecule has 1 aromatic carbocycles. The molecule has 0 unspecified atom stereocenters. The van der Waals surface area contributed by atoms with E-state index >= 15 is 0 Å². The summed E-state index contributed by atoms with van der Waals surface area (Å²) in [4.78, 5) is 13.0. The fourth-order valence-electron chi connectivity index (χ4n) is 1.89. The van der Waals surface area contributed by atoms with Crippen LogP contribution in [0.15, 0.2) is 23.1 Å². The molecule has 0 aliphatic carbocycles. The third-order valence-corrected chi connectivity index (χ3v) is 4.60. The van der Waals surface area contributed by atoms with Crippen LogP contribution in [-0.4, -0.2) is 18.2 Å². The van der Waals surface area contributed by atoms with Crippen molar-refractivity contribution in [3.63, 3.8) is 0 Å². The van der Waals surface area contributed by atoms with Crippen molar-refractivity contribution < 1.29 is 4.79 Å². The molecule has 1 aromatic rings. The fourth-order valence-corrected chi connectivity index (χ4v) is 2.85. The predicted molar refractivity (Wildman–Crippen MR) is 83.7 cm³/mol. The van der Waals surface area contributed by atoms with E-state index in [0.717, 1.165) is 19.4 Å². The Hall–Kier alpha value is -0.960. The Balaban J connectivity index is 2.39. The number of thioether (sulfide) groups is 1. The normalized spacial score (nSPS) is 10.8. The maximum absolute atomic E-state index is 11.8.